The van der Waals surface area contributed by atoms with Crippen LogP contribution >= 0.6 is 11.6 Å². The van der Waals surface area contributed by atoms with Crippen LogP contribution in [0.15, 0.2) is 60.9 Å². The first-order chi connectivity index (χ1) is 16.1. The fourth-order valence-corrected chi connectivity index (χ4v) is 4.09. The van der Waals surface area contributed by atoms with Crippen molar-refractivity contribution < 1.29 is 14.3 Å². The minimum absolute atomic E-state index is 0.0468. The van der Waals surface area contributed by atoms with E-state index in [9.17, 15) is 4.79 Å². The molecule has 1 saturated heterocycles. The summed E-state index contributed by atoms with van der Waals surface area (Å²) in [6.07, 6.45) is 3.69. The Kier molecular flexibility index (Phi) is 7.99. The first-order valence-electron chi connectivity index (χ1n) is 11.1. The number of amides is 1. The van der Waals surface area contributed by atoms with E-state index in [0.717, 1.165) is 44.2 Å². The Bertz CT molecular complexity index is 1070. The van der Waals surface area contributed by atoms with Crippen molar-refractivity contribution in [3.05, 3.63) is 82.9 Å². The number of benzene rings is 2. The second-order valence-electron chi connectivity index (χ2n) is 7.98. The molecule has 0 saturated carbocycles. The third kappa shape index (κ3) is 6.13. The van der Waals surface area contributed by atoms with Gasteiger partial charge < -0.3 is 18.9 Å². The fourth-order valence-electron chi connectivity index (χ4n) is 3.89. The molecule has 0 aliphatic carbocycles. The predicted octanol–water partition coefficient (Wildman–Crippen LogP) is 3.57. The van der Waals surface area contributed by atoms with E-state index >= 15 is 0 Å². The van der Waals surface area contributed by atoms with Gasteiger partial charge in [-0.15, -0.1) is 0 Å². The zero-order valence-electron chi connectivity index (χ0n) is 18.8. The number of hydrogen-bond acceptors (Lipinski definition) is 5. The Morgan fingerprint density at radius 3 is 2.79 bits per heavy atom. The molecule has 0 radical (unpaired) electrons. The molecule has 8 heteroatoms. The molecule has 174 valence electrons. The summed E-state index contributed by atoms with van der Waals surface area (Å²) in [5.41, 5.74) is 1.61. The maximum Gasteiger partial charge on any atom is 0.254 e. The molecule has 0 unspecified atom stereocenters. The third-order valence-corrected chi connectivity index (χ3v) is 6.19. The van der Waals surface area contributed by atoms with Crippen LogP contribution in [0.4, 0.5) is 0 Å². The van der Waals surface area contributed by atoms with Crippen LogP contribution in [0.1, 0.15) is 21.7 Å². The van der Waals surface area contributed by atoms with Crippen molar-refractivity contribution in [1.82, 2.24) is 19.4 Å². The van der Waals surface area contributed by atoms with Crippen molar-refractivity contribution in [3.63, 3.8) is 0 Å². The van der Waals surface area contributed by atoms with Crippen molar-refractivity contribution in [2.45, 2.75) is 13.1 Å². The Hall–Kier alpha value is -2.87. The van der Waals surface area contributed by atoms with Gasteiger partial charge in [0.15, 0.2) is 0 Å². The molecule has 1 aliphatic rings. The van der Waals surface area contributed by atoms with Crippen molar-refractivity contribution in [3.8, 4) is 5.75 Å². The van der Waals surface area contributed by atoms with Crippen LogP contribution in [0.2, 0.25) is 5.02 Å². The Labute approximate surface area is 199 Å². The van der Waals surface area contributed by atoms with Crippen LogP contribution in [0.25, 0.3) is 0 Å². The van der Waals surface area contributed by atoms with Crippen LogP contribution in [-0.4, -0.2) is 71.8 Å². The van der Waals surface area contributed by atoms with Crippen molar-refractivity contribution >= 4 is 17.5 Å². The van der Waals surface area contributed by atoms with Gasteiger partial charge in [-0.2, -0.15) is 0 Å². The van der Waals surface area contributed by atoms with Gasteiger partial charge in [-0.25, -0.2) is 4.98 Å². The topological polar surface area (TPSA) is 59.8 Å². The minimum atomic E-state index is -0.0468. The number of rotatable bonds is 9. The molecular formula is C25H29ClN4O3. The Morgan fingerprint density at radius 1 is 1.18 bits per heavy atom. The highest BCUT2D eigenvalue weighted by atomic mass is 35.5. The fraction of sp³-hybridized carbons (Fsp3) is 0.360. The molecule has 4 rings (SSSR count). The zero-order valence-corrected chi connectivity index (χ0v) is 19.6. The number of ether oxygens (including phenoxy) is 2. The molecule has 1 amide bonds. The lowest BCUT2D eigenvalue weighted by Gasteiger charge is -2.30. The highest BCUT2D eigenvalue weighted by Crippen LogP contribution is 2.19. The summed E-state index contributed by atoms with van der Waals surface area (Å²) in [6, 6.07) is 15.1. The predicted molar refractivity (Wildman–Crippen MR) is 128 cm³/mol. The summed E-state index contributed by atoms with van der Waals surface area (Å²) < 4.78 is 12.8. The van der Waals surface area contributed by atoms with E-state index in [-0.39, 0.29) is 5.91 Å². The lowest BCUT2D eigenvalue weighted by Crippen LogP contribution is -2.43. The SMILES string of the molecule is COc1cccc(C(=O)N(CCN2CCOCC2)Cc2nccn2Cc2ccccc2Cl)c1. The van der Waals surface area contributed by atoms with Crippen LogP contribution in [0.5, 0.6) is 5.75 Å². The quantitative estimate of drug-likeness (QED) is 0.480. The monoisotopic (exact) mass is 468 g/mol. The van der Waals surface area contributed by atoms with E-state index in [1.54, 1.807) is 19.4 Å². The van der Waals surface area contributed by atoms with Gasteiger partial charge in [0, 0.05) is 49.2 Å². The van der Waals surface area contributed by atoms with Crippen LogP contribution < -0.4 is 4.74 Å². The summed E-state index contributed by atoms with van der Waals surface area (Å²) in [7, 11) is 1.60. The maximum atomic E-state index is 13.5. The van der Waals surface area contributed by atoms with Gasteiger partial charge in [-0.1, -0.05) is 35.9 Å². The third-order valence-electron chi connectivity index (χ3n) is 5.83. The summed E-state index contributed by atoms with van der Waals surface area (Å²) >= 11 is 6.37. The second kappa shape index (κ2) is 11.3. The first kappa shape index (κ1) is 23.3. The van der Waals surface area contributed by atoms with E-state index in [2.05, 4.69) is 9.88 Å². The number of carbonyl (C=O) groups excluding carboxylic acids is 1. The van der Waals surface area contributed by atoms with Gasteiger partial charge in [0.05, 0.1) is 33.4 Å². The molecule has 2 aromatic carbocycles. The zero-order chi connectivity index (χ0) is 23.0. The number of hydrogen-bond donors (Lipinski definition) is 0. The molecule has 7 nitrogen and oxygen atoms in total. The molecule has 1 fully saturated rings. The number of imidazole rings is 1. The van der Waals surface area contributed by atoms with Crippen molar-refractivity contribution in [1.29, 1.82) is 0 Å². The van der Waals surface area contributed by atoms with Crippen LogP contribution in [-0.2, 0) is 17.8 Å². The van der Waals surface area contributed by atoms with Crippen LogP contribution in [0, 0.1) is 0 Å². The van der Waals surface area contributed by atoms with E-state index in [1.807, 2.05) is 58.1 Å². The molecule has 0 atom stereocenters. The lowest BCUT2D eigenvalue weighted by atomic mass is 10.2. The number of aromatic nitrogens is 2. The Morgan fingerprint density at radius 2 is 2.00 bits per heavy atom. The molecule has 1 aliphatic heterocycles. The highest BCUT2D eigenvalue weighted by molar-refractivity contribution is 6.31. The minimum Gasteiger partial charge on any atom is -0.497 e. The number of nitrogens with zero attached hydrogens (tertiary/aromatic N) is 4. The number of halogens is 1. The van der Waals surface area contributed by atoms with Crippen molar-refractivity contribution in [2.75, 3.05) is 46.5 Å². The number of methoxy groups -OCH3 is 1. The summed E-state index contributed by atoms with van der Waals surface area (Å²) in [4.78, 5) is 22.2. The first-order valence-corrected chi connectivity index (χ1v) is 11.5. The largest absolute Gasteiger partial charge is 0.497 e. The molecule has 2 heterocycles. The maximum absolute atomic E-state index is 13.5. The Balaban J connectivity index is 1.53. The smallest absolute Gasteiger partial charge is 0.254 e. The second-order valence-corrected chi connectivity index (χ2v) is 8.38. The van der Waals surface area contributed by atoms with Crippen LogP contribution in [0.3, 0.4) is 0 Å². The average molecular weight is 469 g/mol. The summed E-state index contributed by atoms with van der Waals surface area (Å²) in [5, 5.41) is 0.716. The number of morpholine rings is 1. The van der Waals surface area contributed by atoms with E-state index in [0.29, 0.717) is 36.0 Å². The standard InChI is InChI=1S/C25H29ClN4O3/c1-32-22-7-4-6-20(17-22)25(31)30(12-11-28-13-15-33-16-14-28)19-24-27-9-10-29(24)18-21-5-2-3-8-23(21)26/h2-10,17H,11-16,18-19H2,1H3. The lowest BCUT2D eigenvalue weighted by molar-refractivity contribution is 0.0318. The molecule has 33 heavy (non-hydrogen) atoms. The molecule has 0 spiro atoms. The van der Waals surface area contributed by atoms with Gasteiger partial charge in [0.25, 0.3) is 5.91 Å². The molecule has 3 aromatic rings. The van der Waals surface area contributed by atoms with Crippen molar-refractivity contribution in [2.24, 2.45) is 0 Å². The molecule has 0 N–H and O–H groups in total. The molecule has 0 bridgehead atoms. The molecule has 1 aromatic heterocycles. The number of carbonyl (C=O) groups is 1. The summed E-state index contributed by atoms with van der Waals surface area (Å²) in [5.74, 6) is 1.43. The van der Waals surface area contributed by atoms with Gasteiger partial charge in [-0.3, -0.25) is 9.69 Å². The van der Waals surface area contributed by atoms with E-state index < -0.39 is 0 Å². The molecular weight excluding hydrogens is 440 g/mol. The summed E-state index contributed by atoms with van der Waals surface area (Å²) in [6.45, 7) is 5.58. The highest BCUT2D eigenvalue weighted by Gasteiger charge is 2.21. The van der Waals surface area contributed by atoms with Gasteiger partial charge in [-0.05, 0) is 29.8 Å². The average Bonchev–Trinajstić information content (AvgIpc) is 3.30. The van der Waals surface area contributed by atoms with E-state index in [4.69, 9.17) is 21.1 Å². The van der Waals surface area contributed by atoms with Gasteiger partial charge in [0.2, 0.25) is 0 Å². The van der Waals surface area contributed by atoms with Gasteiger partial charge in [0.1, 0.15) is 11.6 Å². The normalized spacial score (nSPS) is 14.2. The van der Waals surface area contributed by atoms with E-state index in [1.165, 1.54) is 0 Å². The van der Waals surface area contributed by atoms with Gasteiger partial charge >= 0.3 is 0 Å².